The van der Waals surface area contributed by atoms with Crippen molar-refractivity contribution in [1.82, 2.24) is 10.3 Å². The minimum absolute atomic E-state index is 0.283. The number of aryl methyl sites for hydroxylation is 1. The Bertz CT molecular complexity index is 783. The number of hydrogen-bond donors (Lipinski definition) is 3. The molecule has 0 amide bonds. The van der Waals surface area contributed by atoms with E-state index in [1.165, 1.54) is 5.56 Å². The van der Waals surface area contributed by atoms with Crippen molar-refractivity contribution in [3.05, 3.63) is 70.9 Å². The first-order valence-electron chi connectivity index (χ1n) is 7.44. The fraction of sp³-hybridized carbons (Fsp3) is 0.167. The van der Waals surface area contributed by atoms with E-state index in [0.29, 0.717) is 6.67 Å². The van der Waals surface area contributed by atoms with E-state index in [2.05, 4.69) is 16.8 Å². The normalized spacial score (nSPS) is 13.9. The van der Waals surface area contributed by atoms with Gasteiger partial charge in [0, 0.05) is 11.3 Å². The predicted octanol–water partition coefficient (Wildman–Crippen LogP) is 3.27. The van der Waals surface area contributed by atoms with Crippen LogP contribution in [-0.2, 0) is 0 Å². The first-order valence-corrected chi connectivity index (χ1v) is 7.44. The molecular weight excluding hydrogens is 290 g/mol. The van der Waals surface area contributed by atoms with Crippen LogP contribution in [0.2, 0.25) is 0 Å². The molecule has 0 bridgehead atoms. The van der Waals surface area contributed by atoms with Gasteiger partial charge in [-0.15, -0.1) is 0 Å². The standard InChI is InChI=1S/C18H19N3O2/c1-12-5-3-8-16(9-12)20-21-11-19-13(2)17(21)14-6-4-7-15(10-14)18(22)23/h3-10,19-20H,11H2,1-2H3,(H,22,23). The molecule has 0 atom stereocenters. The first-order chi connectivity index (χ1) is 11.0. The van der Waals surface area contributed by atoms with E-state index in [9.17, 15) is 9.90 Å². The molecule has 1 aliphatic heterocycles. The quantitative estimate of drug-likeness (QED) is 0.809. The predicted molar refractivity (Wildman–Crippen MR) is 90.6 cm³/mol. The van der Waals surface area contributed by atoms with Gasteiger partial charge in [-0.25, -0.2) is 4.79 Å². The van der Waals surface area contributed by atoms with E-state index < -0.39 is 5.97 Å². The first kappa shape index (κ1) is 15.0. The number of hydrogen-bond acceptors (Lipinski definition) is 4. The second kappa shape index (κ2) is 6.04. The molecule has 0 aromatic heterocycles. The van der Waals surface area contributed by atoms with Crippen LogP contribution in [0.25, 0.3) is 5.70 Å². The van der Waals surface area contributed by atoms with Gasteiger partial charge in [0.25, 0.3) is 0 Å². The average molecular weight is 309 g/mol. The minimum Gasteiger partial charge on any atom is -0.478 e. The van der Waals surface area contributed by atoms with Gasteiger partial charge in [-0.3, -0.25) is 10.4 Å². The fourth-order valence-electron chi connectivity index (χ4n) is 2.70. The summed E-state index contributed by atoms with van der Waals surface area (Å²) in [6.45, 7) is 4.65. The zero-order chi connectivity index (χ0) is 16.4. The largest absolute Gasteiger partial charge is 0.478 e. The Balaban J connectivity index is 1.91. The Hall–Kier alpha value is -2.95. The topological polar surface area (TPSA) is 64.6 Å². The molecule has 0 saturated carbocycles. The van der Waals surface area contributed by atoms with Crippen molar-refractivity contribution >= 4 is 17.4 Å². The van der Waals surface area contributed by atoms with Gasteiger partial charge in [0.2, 0.25) is 0 Å². The van der Waals surface area contributed by atoms with Crippen LogP contribution in [0.5, 0.6) is 0 Å². The van der Waals surface area contributed by atoms with Crippen LogP contribution in [0.3, 0.4) is 0 Å². The van der Waals surface area contributed by atoms with Gasteiger partial charge in [0.1, 0.15) is 6.67 Å². The number of carbonyl (C=O) groups is 1. The van der Waals surface area contributed by atoms with Gasteiger partial charge < -0.3 is 10.4 Å². The lowest BCUT2D eigenvalue weighted by atomic mass is 10.1. The minimum atomic E-state index is -0.922. The van der Waals surface area contributed by atoms with Crippen LogP contribution < -0.4 is 10.7 Å². The summed E-state index contributed by atoms with van der Waals surface area (Å²) in [6.07, 6.45) is 0. The number of allylic oxidation sites excluding steroid dienone is 1. The monoisotopic (exact) mass is 309 g/mol. The number of benzene rings is 2. The summed E-state index contributed by atoms with van der Waals surface area (Å²) in [6, 6.07) is 15.1. The lowest BCUT2D eigenvalue weighted by Gasteiger charge is -2.24. The number of anilines is 1. The van der Waals surface area contributed by atoms with E-state index >= 15 is 0 Å². The van der Waals surface area contributed by atoms with E-state index in [0.717, 1.165) is 22.6 Å². The average Bonchev–Trinajstić information content (AvgIpc) is 2.88. The summed E-state index contributed by atoms with van der Waals surface area (Å²) >= 11 is 0. The third-order valence-electron chi connectivity index (χ3n) is 3.79. The molecule has 3 rings (SSSR count). The van der Waals surface area contributed by atoms with E-state index in [-0.39, 0.29) is 5.56 Å². The van der Waals surface area contributed by atoms with Gasteiger partial charge in [0.05, 0.1) is 16.9 Å². The summed E-state index contributed by atoms with van der Waals surface area (Å²) in [5.41, 5.74) is 8.66. The third kappa shape index (κ3) is 3.13. The molecule has 5 heteroatoms. The molecule has 5 nitrogen and oxygen atoms in total. The van der Waals surface area contributed by atoms with Crippen LogP contribution in [0.4, 0.5) is 5.69 Å². The molecule has 0 spiro atoms. The van der Waals surface area contributed by atoms with Crippen LogP contribution in [0, 0.1) is 6.92 Å². The van der Waals surface area contributed by atoms with Crippen molar-refractivity contribution in [2.24, 2.45) is 0 Å². The number of carboxylic acids is 1. The van der Waals surface area contributed by atoms with Crippen molar-refractivity contribution in [1.29, 1.82) is 0 Å². The van der Waals surface area contributed by atoms with Crippen molar-refractivity contribution in [3.8, 4) is 0 Å². The SMILES string of the molecule is CC1=C(c2cccc(C(=O)O)c2)N(Nc2cccc(C)c2)CN1. The van der Waals surface area contributed by atoms with E-state index in [1.54, 1.807) is 18.2 Å². The molecule has 1 heterocycles. The van der Waals surface area contributed by atoms with Crippen LogP contribution in [0.1, 0.15) is 28.4 Å². The molecule has 0 saturated heterocycles. The molecule has 0 aliphatic carbocycles. The highest BCUT2D eigenvalue weighted by Crippen LogP contribution is 2.27. The van der Waals surface area contributed by atoms with Crippen LogP contribution >= 0.6 is 0 Å². The summed E-state index contributed by atoms with van der Waals surface area (Å²) in [4.78, 5) is 11.2. The van der Waals surface area contributed by atoms with Crippen molar-refractivity contribution in [2.75, 3.05) is 12.1 Å². The van der Waals surface area contributed by atoms with E-state index in [4.69, 9.17) is 0 Å². The summed E-state index contributed by atoms with van der Waals surface area (Å²) in [5, 5.41) is 14.5. The molecule has 3 N–H and O–H groups in total. The molecule has 23 heavy (non-hydrogen) atoms. The van der Waals surface area contributed by atoms with Crippen LogP contribution in [-0.4, -0.2) is 22.8 Å². The summed E-state index contributed by atoms with van der Waals surface area (Å²) < 4.78 is 0. The molecule has 1 aliphatic rings. The van der Waals surface area contributed by atoms with Gasteiger partial charge >= 0.3 is 5.97 Å². The number of nitrogens with one attached hydrogen (secondary N) is 2. The summed E-state index contributed by atoms with van der Waals surface area (Å²) in [5.74, 6) is -0.922. The molecule has 118 valence electrons. The zero-order valence-corrected chi connectivity index (χ0v) is 13.1. The zero-order valence-electron chi connectivity index (χ0n) is 13.1. The Kier molecular flexibility index (Phi) is 3.93. The number of carboxylic acid groups (broad SMARTS) is 1. The van der Waals surface area contributed by atoms with Gasteiger partial charge in [-0.2, -0.15) is 0 Å². The lowest BCUT2D eigenvalue weighted by Crippen LogP contribution is -2.29. The van der Waals surface area contributed by atoms with Gasteiger partial charge in [0.15, 0.2) is 0 Å². The van der Waals surface area contributed by atoms with Gasteiger partial charge in [-0.1, -0.05) is 24.3 Å². The molecular formula is C18H19N3O2. The smallest absolute Gasteiger partial charge is 0.335 e. The number of nitrogens with zero attached hydrogens (tertiary/aromatic N) is 1. The Morgan fingerprint density at radius 1 is 1.17 bits per heavy atom. The molecule has 0 fully saturated rings. The maximum atomic E-state index is 11.2. The maximum Gasteiger partial charge on any atom is 0.335 e. The van der Waals surface area contributed by atoms with Gasteiger partial charge in [-0.05, 0) is 43.7 Å². The van der Waals surface area contributed by atoms with E-state index in [1.807, 2.05) is 43.1 Å². The number of rotatable bonds is 4. The summed E-state index contributed by atoms with van der Waals surface area (Å²) in [7, 11) is 0. The van der Waals surface area contributed by atoms with Crippen molar-refractivity contribution in [2.45, 2.75) is 13.8 Å². The number of aromatic carboxylic acids is 1. The fourth-order valence-corrected chi connectivity index (χ4v) is 2.70. The highest BCUT2D eigenvalue weighted by molar-refractivity contribution is 5.89. The van der Waals surface area contributed by atoms with Crippen LogP contribution in [0.15, 0.2) is 54.2 Å². The Morgan fingerprint density at radius 2 is 1.96 bits per heavy atom. The molecule has 0 unspecified atom stereocenters. The number of hydrazine groups is 1. The Labute approximate surface area is 135 Å². The third-order valence-corrected chi connectivity index (χ3v) is 3.79. The maximum absolute atomic E-state index is 11.2. The second-order valence-electron chi connectivity index (χ2n) is 5.60. The van der Waals surface area contributed by atoms with Crippen molar-refractivity contribution < 1.29 is 9.90 Å². The Morgan fingerprint density at radius 3 is 2.70 bits per heavy atom. The second-order valence-corrected chi connectivity index (χ2v) is 5.60. The highest BCUT2D eigenvalue weighted by atomic mass is 16.4. The molecule has 2 aromatic carbocycles. The highest BCUT2D eigenvalue weighted by Gasteiger charge is 2.22. The molecule has 0 radical (unpaired) electrons. The lowest BCUT2D eigenvalue weighted by molar-refractivity contribution is 0.0697. The van der Waals surface area contributed by atoms with Crippen molar-refractivity contribution in [3.63, 3.8) is 0 Å². The molecule has 2 aromatic rings.